The Morgan fingerprint density at radius 1 is 1.19 bits per heavy atom. The van der Waals surface area contributed by atoms with Gasteiger partial charge in [0.05, 0.1) is 5.56 Å². The zero-order valence-corrected chi connectivity index (χ0v) is 8.17. The second-order valence-corrected chi connectivity index (χ2v) is 2.94. The first kappa shape index (κ1) is 12.2. The van der Waals surface area contributed by atoms with E-state index in [0.29, 0.717) is 0 Å². The molecule has 0 atom stereocenters. The summed E-state index contributed by atoms with van der Waals surface area (Å²) >= 11 is 0. The summed E-state index contributed by atoms with van der Waals surface area (Å²) in [4.78, 5) is 21.4. The van der Waals surface area contributed by atoms with Crippen LogP contribution < -0.4 is 4.74 Å². The minimum atomic E-state index is -4.63. The molecule has 1 rings (SSSR count). The number of alkyl halides is 3. The van der Waals surface area contributed by atoms with E-state index in [-0.39, 0.29) is 0 Å². The van der Waals surface area contributed by atoms with Crippen LogP contribution in [0.2, 0.25) is 0 Å². The van der Waals surface area contributed by atoms with Crippen LogP contribution >= 0.6 is 0 Å². The Morgan fingerprint density at radius 3 is 2.25 bits per heavy atom. The van der Waals surface area contributed by atoms with Gasteiger partial charge in [0.15, 0.2) is 0 Å². The van der Waals surface area contributed by atoms with E-state index < -0.39 is 29.2 Å². The highest BCUT2D eigenvalue weighted by atomic mass is 19.4. The highest BCUT2D eigenvalue weighted by Gasteiger charge is 2.34. The molecule has 1 aromatic carbocycles. The maximum atomic E-state index is 12.4. The summed E-state index contributed by atoms with van der Waals surface area (Å²) in [5.74, 6) is -2.95. The number of halogens is 3. The molecule has 0 bridgehead atoms. The highest BCUT2D eigenvalue weighted by Crippen LogP contribution is 2.35. The van der Waals surface area contributed by atoms with Crippen LogP contribution in [0.25, 0.3) is 0 Å². The second kappa shape index (κ2) is 4.34. The lowest BCUT2D eigenvalue weighted by atomic mass is 10.2. The molecule has 0 aliphatic carbocycles. The third-order valence-corrected chi connectivity index (χ3v) is 1.68. The van der Waals surface area contributed by atoms with Crippen molar-refractivity contribution in [2.75, 3.05) is 0 Å². The number of ketones is 1. The molecular weight excluding hydrogens is 225 g/mol. The van der Waals surface area contributed by atoms with Crippen molar-refractivity contribution in [2.24, 2.45) is 0 Å². The van der Waals surface area contributed by atoms with E-state index in [4.69, 9.17) is 0 Å². The van der Waals surface area contributed by atoms with E-state index in [9.17, 15) is 22.8 Å². The lowest BCUT2D eigenvalue weighted by Gasteiger charge is -2.11. The van der Waals surface area contributed by atoms with Gasteiger partial charge in [0.2, 0.25) is 5.78 Å². The highest BCUT2D eigenvalue weighted by molar-refractivity contribution is 6.33. The minimum absolute atomic E-state index is 0.671. The Morgan fingerprint density at radius 2 is 1.75 bits per heavy atom. The summed E-state index contributed by atoms with van der Waals surface area (Å²) in [7, 11) is 0. The lowest BCUT2D eigenvalue weighted by Crippen LogP contribution is -2.19. The number of carbonyl (C=O) groups is 2. The van der Waals surface area contributed by atoms with Gasteiger partial charge in [-0.1, -0.05) is 12.1 Å². The molecule has 0 saturated carbocycles. The molecule has 0 amide bonds. The van der Waals surface area contributed by atoms with Gasteiger partial charge in [-0.3, -0.25) is 4.79 Å². The standard InChI is InChI=1S/C10H7F3O3/c1-6(14)9(15)16-8-5-3-2-4-7(8)10(11,12)13/h2-5H,1H3. The number of hydrogen-bond donors (Lipinski definition) is 0. The predicted molar refractivity (Wildman–Crippen MR) is 47.8 cm³/mol. The molecule has 6 heteroatoms. The van der Waals surface area contributed by atoms with E-state index in [1.165, 1.54) is 6.07 Å². The number of Topliss-reactive ketones (excluding diaryl/α,β-unsaturated/α-hetero) is 1. The Balaban J connectivity index is 3.05. The first-order chi connectivity index (χ1) is 7.32. The molecule has 86 valence electrons. The zero-order valence-electron chi connectivity index (χ0n) is 8.17. The molecule has 0 N–H and O–H groups in total. The fourth-order valence-corrected chi connectivity index (χ4v) is 0.962. The minimum Gasteiger partial charge on any atom is -0.420 e. The van der Waals surface area contributed by atoms with Crippen molar-refractivity contribution in [1.82, 2.24) is 0 Å². The van der Waals surface area contributed by atoms with Gasteiger partial charge in [-0.2, -0.15) is 13.2 Å². The average Bonchev–Trinajstić information content (AvgIpc) is 2.16. The molecule has 0 heterocycles. The molecule has 0 aliphatic heterocycles. The summed E-state index contributed by atoms with van der Waals surface area (Å²) in [5.41, 5.74) is -1.09. The summed E-state index contributed by atoms with van der Waals surface area (Å²) in [6, 6.07) is 4.18. The van der Waals surface area contributed by atoms with Crippen LogP contribution in [0.3, 0.4) is 0 Å². The number of esters is 1. The Bertz CT molecular complexity index is 424. The van der Waals surface area contributed by atoms with Crippen LogP contribution in [-0.2, 0) is 15.8 Å². The molecule has 1 aromatic rings. The number of rotatable bonds is 2. The van der Waals surface area contributed by atoms with Crippen molar-refractivity contribution < 1.29 is 27.5 Å². The molecule has 0 spiro atoms. The summed E-state index contributed by atoms with van der Waals surface area (Å²) in [5, 5.41) is 0. The normalized spacial score (nSPS) is 11.0. The number of ether oxygens (including phenoxy) is 1. The van der Waals surface area contributed by atoms with Gasteiger partial charge in [-0.15, -0.1) is 0 Å². The predicted octanol–water partition coefficient (Wildman–Crippen LogP) is 2.20. The van der Waals surface area contributed by atoms with Crippen molar-refractivity contribution in [2.45, 2.75) is 13.1 Å². The molecule has 16 heavy (non-hydrogen) atoms. The monoisotopic (exact) mass is 232 g/mol. The van der Waals surface area contributed by atoms with Crippen LogP contribution in [0.5, 0.6) is 5.75 Å². The number of para-hydroxylation sites is 1. The van der Waals surface area contributed by atoms with Gasteiger partial charge < -0.3 is 4.74 Å². The van der Waals surface area contributed by atoms with Gasteiger partial charge in [-0.25, -0.2) is 4.79 Å². The van der Waals surface area contributed by atoms with Crippen LogP contribution in [-0.4, -0.2) is 11.8 Å². The second-order valence-electron chi connectivity index (χ2n) is 2.94. The maximum absolute atomic E-state index is 12.4. The van der Waals surface area contributed by atoms with Crippen molar-refractivity contribution >= 4 is 11.8 Å². The van der Waals surface area contributed by atoms with E-state index in [1.807, 2.05) is 0 Å². The van der Waals surface area contributed by atoms with Crippen molar-refractivity contribution in [3.8, 4) is 5.75 Å². The van der Waals surface area contributed by atoms with E-state index in [2.05, 4.69) is 4.74 Å². The van der Waals surface area contributed by atoms with Crippen molar-refractivity contribution in [3.05, 3.63) is 29.8 Å². The van der Waals surface area contributed by atoms with Crippen molar-refractivity contribution in [3.63, 3.8) is 0 Å². The fraction of sp³-hybridized carbons (Fsp3) is 0.200. The van der Waals surface area contributed by atoms with E-state index in [1.54, 1.807) is 0 Å². The first-order valence-electron chi connectivity index (χ1n) is 4.21. The van der Waals surface area contributed by atoms with E-state index in [0.717, 1.165) is 25.1 Å². The Labute approximate surface area is 88.8 Å². The van der Waals surface area contributed by atoms with Gasteiger partial charge in [0.1, 0.15) is 5.75 Å². The molecule has 0 radical (unpaired) electrons. The molecule has 0 unspecified atom stereocenters. The van der Waals surface area contributed by atoms with Crippen molar-refractivity contribution in [1.29, 1.82) is 0 Å². The maximum Gasteiger partial charge on any atom is 0.419 e. The van der Waals surface area contributed by atoms with Gasteiger partial charge in [-0.05, 0) is 12.1 Å². The van der Waals surface area contributed by atoms with Crippen LogP contribution in [0, 0.1) is 0 Å². The molecular formula is C10H7F3O3. The summed E-state index contributed by atoms with van der Waals surface area (Å²) < 4.78 is 41.6. The van der Waals surface area contributed by atoms with Gasteiger partial charge in [0, 0.05) is 6.92 Å². The number of benzene rings is 1. The molecule has 0 fully saturated rings. The quantitative estimate of drug-likeness (QED) is 0.446. The Kier molecular flexibility index (Phi) is 3.31. The largest absolute Gasteiger partial charge is 0.420 e. The van der Waals surface area contributed by atoms with Gasteiger partial charge in [0.25, 0.3) is 0 Å². The molecule has 0 saturated heterocycles. The van der Waals surface area contributed by atoms with Crippen LogP contribution in [0.1, 0.15) is 12.5 Å². The third kappa shape index (κ3) is 2.82. The number of carbonyl (C=O) groups excluding carboxylic acids is 2. The zero-order chi connectivity index (χ0) is 12.3. The first-order valence-corrected chi connectivity index (χ1v) is 4.21. The van der Waals surface area contributed by atoms with E-state index >= 15 is 0 Å². The molecule has 0 aromatic heterocycles. The van der Waals surface area contributed by atoms with Gasteiger partial charge >= 0.3 is 12.1 Å². The lowest BCUT2D eigenvalue weighted by molar-refractivity contribution is -0.148. The number of hydrogen-bond acceptors (Lipinski definition) is 3. The summed E-state index contributed by atoms with van der Waals surface area (Å²) in [6.07, 6.45) is -4.63. The topological polar surface area (TPSA) is 43.4 Å². The fourth-order valence-electron chi connectivity index (χ4n) is 0.962. The average molecular weight is 232 g/mol. The Hall–Kier alpha value is -1.85. The van der Waals surface area contributed by atoms with Crippen LogP contribution in [0.4, 0.5) is 13.2 Å². The third-order valence-electron chi connectivity index (χ3n) is 1.68. The molecule has 0 aliphatic rings. The molecule has 3 nitrogen and oxygen atoms in total. The summed E-state index contributed by atoms with van der Waals surface area (Å²) in [6.45, 7) is 0.915. The SMILES string of the molecule is CC(=O)C(=O)Oc1ccccc1C(F)(F)F. The smallest absolute Gasteiger partial charge is 0.419 e. The van der Waals surface area contributed by atoms with Crippen LogP contribution in [0.15, 0.2) is 24.3 Å².